The van der Waals surface area contributed by atoms with Crippen molar-refractivity contribution < 1.29 is 17.0 Å². The van der Waals surface area contributed by atoms with Crippen LogP contribution in [0.3, 0.4) is 0 Å². The maximum atomic E-state index is 4.89. The summed E-state index contributed by atoms with van der Waals surface area (Å²) in [6, 6.07) is 9.15. The Hall–Kier alpha value is 0.131. The van der Waals surface area contributed by atoms with E-state index in [1.165, 1.54) is 37.1 Å². The van der Waals surface area contributed by atoms with Crippen molar-refractivity contribution in [1.29, 1.82) is 0 Å². The third-order valence-corrected chi connectivity index (χ3v) is 11.5. The zero-order valence-corrected chi connectivity index (χ0v) is 22.2. The molecule has 1 saturated carbocycles. The Bertz CT molecular complexity index is 699. The van der Waals surface area contributed by atoms with Crippen LogP contribution in [0.15, 0.2) is 42.5 Å². The molecule has 3 unspecified atom stereocenters. The molecule has 3 aliphatic rings. The normalized spacial score (nSPS) is 26.5. The molecule has 4 rings (SSSR count). The van der Waals surface area contributed by atoms with Crippen LogP contribution in [-0.4, -0.2) is 39.0 Å². The first-order valence-corrected chi connectivity index (χ1v) is 17.6. The third-order valence-electron chi connectivity index (χ3n) is 6.89. The number of fused-ring (bicyclic) bond motifs is 1. The van der Waals surface area contributed by atoms with Crippen LogP contribution < -0.4 is 0 Å². The molecule has 2 nitrogen and oxygen atoms in total. The van der Waals surface area contributed by atoms with Gasteiger partial charge in [-0.2, -0.15) is 0 Å². The number of piperazine rings is 1. The van der Waals surface area contributed by atoms with Gasteiger partial charge in [-0.25, -0.2) is 0 Å². The second-order valence-corrected chi connectivity index (χ2v) is 15.9. The monoisotopic (exact) mass is 484 g/mol. The number of benzene rings is 1. The summed E-state index contributed by atoms with van der Waals surface area (Å²) in [5.74, 6) is 1.46. The molecule has 160 valence electrons. The zero-order valence-electron chi connectivity index (χ0n) is 18.2. The molecule has 1 aromatic carbocycles. The van der Waals surface area contributed by atoms with Crippen molar-refractivity contribution in [2.75, 3.05) is 26.2 Å². The molecule has 29 heavy (non-hydrogen) atoms. The Morgan fingerprint density at radius 3 is 2.31 bits per heavy atom. The van der Waals surface area contributed by atoms with E-state index in [1.807, 2.05) is 0 Å². The minimum atomic E-state index is -1.42. The molecule has 1 aromatic rings. The molecule has 3 atom stereocenters. The molecule has 2 aliphatic carbocycles. The van der Waals surface area contributed by atoms with Crippen molar-refractivity contribution in [2.24, 2.45) is 11.8 Å². The van der Waals surface area contributed by atoms with Crippen LogP contribution in [0.1, 0.15) is 24.0 Å². The van der Waals surface area contributed by atoms with E-state index in [0.717, 1.165) is 30.5 Å². The van der Waals surface area contributed by atoms with Gasteiger partial charge < -0.3 is 17.3 Å². The topological polar surface area (TPSA) is 17.3 Å². The second kappa shape index (κ2) is 11.7. The Labute approximate surface area is 195 Å². The molecule has 0 radical (unpaired) electrons. The van der Waals surface area contributed by atoms with Crippen LogP contribution >= 0.6 is 18.6 Å². The van der Waals surface area contributed by atoms with Gasteiger partial charge in [-0.05, 0) is 54.9 Å². The first kappa shape index (κ1) is 25.4. The number of aryl methyl sites for hydroxylation is 1. The van der Waals surface area contributed by atoms with Crippen molar-refractivity contribution in [2.45, 2.75) is 38.4 Å². The predicted molar refractivity (Wildman–Crippen MR) is 129 cm³/mol. The Morgan fingerprint density at radius 2 is 1.69 bits per heavy atom. The van der Waals surface area contributed by atoms with Gasteiger partial charge in [-0.3, -0.25) is 0 Å². The number of allylic oxidation sites excluding steroid dienone is 4. The Morgan fingerprint density at radius 1 is 1.07 bits per heavy atom. The molecule has 0 bridgehead atoms. The van der Waals surface area contributed by atoms with E-state index >= 15 is 0 Å². The summed E-state index contributed by atoms with van der Waals surface area (Å²) >= 11 is -0.556. The average Bonchev–Trinajstić information content (AvgIpc) is 3.15. The van der Waals surface area contributed by atoms with Crippen LogP contribution in [0.25, 0.3) is 10.9 Å². The van der Waals surface area contributed by atoms with Crippen molar-refractivity contribution in [1.82, 2.24) is 4.57 Å². The molecule has 0 aromatic heterocycles. The van der Waals surface area contributed by atoms with Crippen molar-refractivity contribution >= 4 is 32.4 Å². The van der Waals surface area contributed by atoms with E-state index in [2.05, 4.69) is 72.4 Å². The number of hydrogen-bond donors (Lipinski definition) is 0. The van der Waals surface area contributed by atoms with Gasteiger partial charge in [0.2, 0.25) is 0 Å². The van der Waals surface area contributed by atoms with E-state index < -0.39 is 25.3 Å². The number of halogens is 2. The molecular weight excluding hydrogens is 451 g/mol. The average molecular weight is 485 g/mol. The first-order valence-electron chi connectivity index (χ1n) is 10.3. The molecule has 6 heteroatoms. The summed E-state index contributed by atoms with van der Waals surface area (Å²) in [7, 11) is 8.36. The van der Waals surface area contributed by atoms with Crippen LogP contribution in [-0.2, 0) is 17.0 Å². The summed E-state index contributed by atoms with van der Waals surface area (Å²) in [6.45, 7) is 11.9. The summed E-state index contributed by atoms with van der Waals surface area (Å²) in [5, 5.41) is 4.57. The summed E-state index contributed by atoms with van der Waals surface area (Å²) in [6.07, 6.45) is 10.0. The first-order chi connectivity index (χ1) is 13.5. The number of nitrogens with zero attached hydrogens (tertiary/aromatic N) is 2. The maximum absolute atomic E-state index is 4.89. The van der Waals surface area contributed by atoms with Gasteiger partial charge in [-0.1, -0.05) is 67.6 Å². The quantitative estimate of drug-likeness (QED) is 0.331. The molecular formula is C23H34Cl2N2SiTi-2. The minimum absolute atomic E-state index is 0. The number of rotatable bonds is 3. The van der Waals surface area contributed by atoms with Crippen molar-refractivity contribution in [3.05, 3.63) is 66.4 Å². The number of hydrogen-bond acceptors (Lipinski definition) is 1. The van der Waals surface area contributed by atoms with Gasteiger partial charge in [0.15, 0.2) is 0 Å². The zero-order chi connectivity index (χ0) is 20.1. The van der Waals surface area contributed by atoms with E-state index in [9.17, 15) is 0 Å². The van der Waals surface area contributed by atoms with E-state index in [-0.39, 0.29) is 7.43 Å². The molecule has 0 amide bonds. The standard InChI is InChI=1S/C22H31N2Si.CH3.2ClH.Ti/c1-17-7-9-18(10-8-17)19-5-4-6-21-20(19)11-12-22(21)25(2,3)24-15-13-23-14-16-24;;;;/h4-10,20-22H,11-16H2,1-3H3;1H3;2*1H;/q2*-1;;;+2/p-2. The van der Waals surface area contributed by atoms with Crippen molar-refractivity contribution in [3.63, 3.8) is 0 Å². The fourth-order valence-electron chi connectivity index (χ4n) is 5.36. The van der Waals surface area contributed by atoms with Crippen LogP contribution in [0.5, 0.6) is 0 Å². The third kappa shape index (κ3) is 5.89. The van der Waals surface area contributed by atoms with Gasteiger partial charge >= 0.3 is 35.6 Å². The van der Waals surface area contributed by atoms with Crippen LogP contribution in [0.2, 0.25) is 18.6 Å². The molecule has 1 saturated heterocycles. The molecule has 0 N–H and O–H groups in total. The van der Waals surface area contributed by atoms with Gasteiger partial charge in [-0.15, -0.1) is 13.1 Å². The summed E-state index contributed by atoms with van der Waals surface area (Å²) < 4.78 is 2.84. The fourth-order valence-corrected chi connectivity index (χ4v) is 9.34. The van der Waals surface area contributed by atoms with Crippen molar-refractivity contribution in [3.8, 4) is 0 Å². The fraction of sp³-hybridized carbons (Fsp3) is 0.522. The Kier molecular flexibility index (Phi) is 10.2. The van der Waals surface area contributed by atoms with Gasteiger partial charge in [0.05, 0.1) is 0 Å². The van der Waals surface area contributed by atoms with Crippen LogP contribution in [0, 0.1) is 26.2 Å². The Balaban J connectivity index is 0.000000708. The SMILES string of the molecule is Cc1ccc(C2=CC=CC3C2CCC3[Si](C)(C)N2CC[N-]CC2)cc1.[CH3-].[Cl][Ti][Cl]. The van der Waals surface area contributed by atoms with Gasteiger partial charge in [0, 0.05) is 0 Å². The van der Waals surface area contributed by atoms with E-state index in [1.54, 1.807) is 5.57 Å². The molecule has 1 heterocycles. The van der Waals surface area contributed by atoms with E-state index in [4.69, 9.17) is 18.6 Å². The molecule has 0 spiro atoms. The van der Waals surface area contributed by atoms with Gasteiger partial charge in [0.25, 0.3) is 0 Å². The second-order valence-electron chi connectivity index (χ2n) is 8.62. The summed E-state index contributed by atoms with van der Waals surface area (Å²) in [4.78, 5) is 0. The molecule has 1 aliphatic heterocycles. The predicted octanol–water partition coefficient (Wildman–Crippen LogP) is 7.07. The van der Waals surface area contributed by atoms with Gasteiger partial charge in [0.1, 0.15) is 8.24 Å². The summed E-state index contributed by atoms with van der Waals surface area (Å²) in [5.41, 5.74) is 5.23. The van der Waals surface area contributed by atoms with Crippen LogP contribution in [0.4, 0.5) is 0 Å². The molecule has 2 fully saturated rings. The van der Waals surface area contributed by atoms with E-state index in [0.29, 0.717) is 0 Å².